The summed E-state index contributed by atoms with van der Waals surface area (Å²) in [5.41, 5.74) is -1.06. The Morgan fingerprint density at radius 1 is 1.15 bits per heavy atom. The van der Waals surface area contributed by atoms with E-state index in [4.69, 9.17) is 9.47 Å². The SMILES string of the molecule is CCOC(=O)[C@H]1CC[C@@H](c2ccc(F)c(F)c2F)N1C(=O)OC(C)(C)C. The van der Waals surface area contributed by atoms with Gasteiger partial charge in [0.1, 0.15) is 11.6 Å². The molecule has 1 aromatic rings. The van der Waals surface area contributed by atoms with Gasteiger partial charge >= 0.3 is 12.1 Å². The minimum atomic E-state index is -1.62. The molecule has 1 fully saturated rings. The van der Waals surface area contributed by atoms with E-state index in [9.17, 15) is 22.8 Å². The Hall–Kier alpha value is -2.25. The van der Waals surface area contributed by atoms with Gasteiger partial charge in [-0.15, -0.1) is 0 Å². The van der Waals surface area contributed by atoms with Crippen molar-refractivity contribution < 1.29 is 32.2 Å². The number of hydrogen-bond donors (Lipinski definition) is 0. The first-order valence-corrected chi connectivity index (χ1v) is 8.38. The normalized spacial score (nSPS) is 20.2. The zero-order chi connectivity index (χ0) is 19.6. The van der Waals surface area contributed by atoms with Crippen molar-refractivity contribution in [3.63, 3.8) is 0 Å². The predicted octanol–water partition coefficient (Wildman–Crippen LogP) is 4.11. The Labute approximate surface area is 150 Å². The summed E-state index contributed by atoms with van der Waals surface area (Å²) in [6.45, 7) is 6.67. The molecule has 0 bridgehead atoms. The van der Waals surface area contributed by atoms with Crippen LogP contribution in [-0.4, -0.2) is 35.2 Å². The lowest BCUT2D eigenvalue weighted by Crippen LogP contribution is -2.45. The molecule has 1 aliphatic rings. The minimum Gasteiger partial charge on any atom is -0.464 e. The van der Waals surface area contributed by atoms with Gasteiger partial charge in [-0.25, -0.2) is 22.8 Å². The third kappa shape index (κ3) is 4.11. The molecule has 2 atom stereocenters. The Kier molecular flexibility index (Phi) is 5.83. The molecular weight excluding hydrogens is 351 g/mol. The summed E-state index contributed by atoms with van der Waals surface area (Å²) in [5.74, 6) is -4.97. The van der Waals surface area contributed by atoms with E-state index in [0.717, 1.165) is 17.0 Å². The van der Waals surface area contributed by atoms with Crippen molar-refractivity contribution in [2.45, 2.75) is 58.2 Å². The van der Waals surface area contributed by atoms with Gasteiger partial charge in [0.05, 0.1) is 12.6 Å². The van der Waals surface area contributed by atoms with E-state index < -0.39 is 47.2 Å². The molecule has 1 heterocycles. The van der Waals surface area contributed by atoms with E-state index in [1.807, 2.05) is 0 Å². The molecule has 0 aromatic heterocycles. The van der Waals surface area contributed by atoms with Gasteiger partial charge in [0, 0.05) is 5.56 Å². The monoisotopic (exact) mass is 373 g/mol. The second-order valence-corrected chi connectivity index (χ2v) is 7.01. The second kappa shape index (κ2) is 7.55. The first-order valence-electron chi connectivity index (χ1n) is 8.38. The van der Waals surface area contributed by atoms with Crippen LogP contribution in [0.2, 0.25) is 0 Å². The van der Waals surface area contributed by atoms with Crippen LogP contribution in [-0.2, 0) is 14.3 Å². The van der Waals surface area contributed by atoms with Gasteiger partial charge in [0.2, 0.25) is 0 Å². The van der Waals surface area contributed by atoms with Crippen LogP contribution in [0, 0.1) is 17.5 Å². The quantitative estimate of drug-likeness (QED) is 0.591. The molecule has 5 nitrogen and oxygen atoms in total. The molecule has 0 aliphatic carbocycles. The van der Waals surface area contributed by atoms with Crippen LogP contribution in [0.4, 0.5) is 18.0 Å². The number of carbonyl (C=O) groups is 2. The highest BCUT2D eigenvalue weighted by atomic mass is 19.2. The third-order valence-electron chi connectivity index (χ3n) is 3.97. The maximum absolute atomic E-state index is 14.3. The van der Waals surface area contributed by atoms with Crippen LogP contribution >= 0.6 is 0 Å². The van der Waals surface area contributed by atoms with Gasteiger partial charge in [0.15, 0.2) is 17.5 Å². The van der Waals surface area contributed by atoms with Crippen molar-refractivity contribution in [2.75, 3.05) is 6.61 Å². The lowest BCUT2D eigenvalue weighted by molar-refractivity contribution is -0.148. The smallest absolute Gasteiger partial charge is 0.411 e. The zero-order valence-corrected chi connectivity index (χ0v) is 15.1. The molecule has 0 radical (unpaired) electrons. The first kappa shape index (κ1) is 20.1. The fraction of sp³-hybridized carbons (Fsp3) is 0.556. The Bertz CT molecular complexity index is 702. The summed E-state index contributed by atoms with van der Waals surface area (Å²) in [6.07, 6.45) is -0.464. The molecule has 8 heteroatoms. The van der Waals surface area contributed by atoms with Gasteiger partial charge < -0.3 is 9.47 Å². The Morgan fingerprint density at radius 3 is 2.38 bits per heavy atom. The molecule has 1 saturated heterocycles. The highest BCUT2D eigenvalue weighted by Crippen LogP contribution is 2.39. The molecule has 144 valence electrons. The van der Waals surface area contributed by atoms with Gasteiger partial charge in [-0.2, -0.15) is 0 Å². The zero-order valence-electron chi connectivity index (χ0n) is 15.1. The molecule has 0 saturated carbocycles. The van der Waals surface area contributed by atoms with Gasteiger partial charge in [-0.3, -0.25) is 4.90 Å². The van der Waals surface area contributed by atoms with Gasteiger partial charge in [0.25, 0.3) is 0 Å². The van der Waals surface area contributed by atoms with Gasteiger partial charge in [-0.1, -0.05) is 6.07 Å². The Morgan fingerprint density at radius 2 is 1.81 bits per heavy atom. The molecule has 1 aliphatic heterocycles. The van der Waals surface area contributed by atoms with E-state index >= 15 is 0 Å². The van der Waals surface area contributed by atoms with E-state index in [1.54, 1.807) is 27.7 Å². The number of ether oxygens (including phenoxy) is 2. The van der Waals surface area contributed by atoms with Crippen LogP contribution in [0.5, 0.6) is 0 Å². The molecule has 2 rings (SSSR count). The topological polar surface area (TPSA) is 55.8 Å². The van der Waals surface area contributed by atoms with Crippen LogP contribution < -0.4 is 0 Å². The van der Waals surface area contributed by atoms with Crippen LogP contribution in [0.15, 0.2) is 12.1 Å². The summed E-state index contributed by atoms with van der Waals surface area (Å²) in [4.78, 5) is 25.9. The van der Waals surface area contributed by atoms with Crippen molar-refractivity contribution in [2.24, 2.45) is 0 Å². The number of halogens is 3. The predicted molar refractivity (Wildman–Crippen MR) is 86.8 cm³/mol. The largest absolute Gasteiger partial charge is 0.464 e. The van der Waals surface area contributed by atoms with E-state index in [0.29, 0.717) is 0 Å². The minimum absolute atomic E-state index is 0.113. The second-order valence-electron chi connectivity index (χ2n) is 7.01. The lowest BCUT2D eigenvalue weighted by atomic mass is 10.0. The summed E-state index contributed by atoms with van der Waals surface area (Å²) in [7, 11) is 0. The number of amides is 1. The highest BCUT2D eigenvalue weighted by molar-refractivity contribution is 5.82. The van der Waals surface area contributed by atoms with Crippen molar-refractivity contribution in [1.29, 1.82) is 0 Å². The standard InChI is InChI=1S/C18H22F3NO4/c1-5-25-16(23)13-9-8-12(22(13)17(24)26-18(2,3)4)10-6-7-11(19)15(21)14(10)20/h6-7,12-13H,5,8-9H2,1-4H3/t12-,13+/m0/s1. The first-order chi connectivity index (χ1) is 12.1. The molecule has 26 heavy (non-hydrogen) atoms. The Balaban J connectivity index is 2.42. The maximum atomic E-state index is 14.3. The van der Waals surface area contributed by atoms with Gasteiger partial charge in [-0.05, 0) is 46.6 Å². The number of likely N-dealkylation sites (tertiary alicyclic amines) is 1. The van der Waals surface area contributed by atoms with E-state index in [1.165, 1.54) is 0 Å². The third-order valence-corrected chi connectivity index (χ3v) is 3.97. The maximum Gasteiger partial charge on any atom is 0.411 e. The van der Waals surface area contributed by atoms with Crippen molar-refractivity contribution >= 4 is 12.1 Å². The van der Waals surface area contributed by atoms with Crippen LogP contribution in [0.1, 0.15) is 52.1 Å². The highest BCUT2D eigenvalue weighted by Gasteiger charge is 2.45. The van der Waals surface area contributed by atoms with E-state index in [2.05, 4.69) is 0 Å². The fourth-order valence-electron chi connectivity index (χ4n) is 2.95. The molecule has 0 unspecified atom stereocenters. The number of benzene rings is 1. The number of hydrogen-bond acceptors (Lipinski definition) is 4. The molecular formula is C18H22F3NO4. The van der Waals surface area contributed by atoms with Crippen molar-refractivity contribution in [3.05, 3.63) is 35.1 Å². The van der Waals surface area contributed by atoms with E-state index in [-0.39, 0.29) is 25.0 Å². The number of carbonyl (C=O) groups excluding carboxylic acids is 2. The van der Waals surface area contributed by atoms with Crippen LogP contribution in [0.3, 0.4) is 0 Å². The number of esters is 1. The molecule has 1 amide bonds. The van der Waals surface area contributed by atoms with Crippen LogP contribution in [0.25, 0.3) is 0 Å². The average molecular weight is 373 g/mol. The average Bonchev–Trinajstić information content (AvgIpc) is 2.96. The summed E-state index contributed by atoms with van der Waals surface area (Å²) in [6, 6.07) is -0.0844. The summed E-state index contributed by atoms with van der Waals surface area (Å²) < 4.78 is 51.4. The molecule has 0 spiro atoms. The lowest BCUT2D eigenvalue weighted by Gasteiger charge is -2.32. The number of nitrogens with zero attached hydrogens (tertiary/aromatic N) is 1. The number of rotatable bonds is 3. The summed E-state index contributed by atoms with van der Waals surface area (Å²) >= 11 is 0. The van der Waals surface area contributed by atoms with Crippen molar-refractivity contribution in [3.8, 4) is 0 Å². The summed E-state index contributed by atoms with van der Waals surface area (Å²) in [5, 5.41) is 0. The van der Waals surface area contributed by atoms with Crippen molar-refractivity contribution in [1.82, 2.24) is 4.90 Å². The fourth-order valence-corrected chi connectivity index (χ4v) is 2.95. The molecule has 0 N–H and O–H groups in total. The molecule has 1 aromatic carbocycles.